The first-order chi connectivity index (χ1) is 22.5. The number of morpholine rings is 1. The zero-order chi connectivity index (χ0) is 36.9. The molecule has 266 valence electrons. The molecule has 0 spiro atoms. The highest BCUT2D eigenvalue weighted by Crippen LogP contribution is 2.22. The number of amides is 1. The van der Waals surface area contributed by atoms with Crippen molar-refractivity contribution in [3.8, 4) is 11.5 Å². The third kappa shape index (κ3) is 19.9. The highest BCUT2D eigenvalue weighted by molar-refractivity contribution is 6.63. The van der Waals surface area contributed by atoms with E-state index in [1.165, 1.54) is 39.5 Å². The van der Waals surface area contributed by atoms with Crippen LogP contribution in [0.1, 0.15) is 86.7 Å². The molecule has 1 aliphatic rings. The summed E-state index contributed by atoms with van der Waals surface area (Å²) in [6.45, 7) is 16.0. The second-order valence-corrected chi connectivity index (χ2v) is 8.74. The maximum absolute atomic E-state index is 12.1. The Kier molecular flexibility index (Phi) is 29.4. The van der Waals surface area contributed by atoms with Gasteiger partial charge in [-0.25, -0.2) is 9.59 Å². The van der Waals surface area contributed by atoms with Gasteiger partial charge in [-0.2, -0.15) is 0 Å². The molecule has 1 fully saturated rings. The van der Waals surface area contributed by atoms with E-state index in [0.717, 1.165) is 5.56 Å². The van der Waals surface area contributed by atoms with Crippen LogP contribution in [0.15, 0.2) is 36.4 Å². The molecular weight excluding hydrogens is 634 g/mol. The SMILES string of the molecule is CC.CC.CC.CCC(=O)Cl.COC(=O)c1ccc(CC(=O)O)cc1OC.COc1cc(CC(=O)N2CCOCC2)ccc1C(=O)O. The minimum atomic E-state index is -1.05. The van der Waals surface area contributed by atoms with E-state index in [1.54, 1.807) is 30.0 Å². The Labute approximate surface area is 283 Å². The van der Waals surface area contributed by atoms with Gasteiger partial charge in [0, 0.05) is 19.5 Å². The van der Waals surface area contributed by atoms with Crippen molar-refractivity contribution in [2.75, 3.05) is 47.6 Å². The largest absolute Gasteiger partial charge is 0.496 e. The second-order valence-electron chi connectivity index (χ2n) is 8.32. The van der Waals surface area contributed by atoms with Gasteiger partial charge in [0.15, 0.2) is 0 Å². The number of ether oxygens (including phenoxy) is 4. The van der Waals surface area contributed by atoms with Crippen LogP contribution < -0.4 is 9.47 Å². The van der Waals surface area contributed by atoms with Gasteiger partial charge in [0.2, 0.25) is 11.1 Å². The summed E-state index contributed by atoms with van der Waals surface area (Å²) in [5.74, 6) is -1.91. The molecule has 2 N–H and O–H groups in total. The van der Waals surface area contributed by atoms with Gasteiger partial charge in [-0.05, 0) is 47.0 Å². The quantitative estimate of drug-likeness (QED) is 0.230. The fraction of sp³-hybridized carbons (Fsp3) is 0.500. The Morgan fingerprint density at radius 3 is 1.57 bits per heavy atom. The van der Waals surface area contributed by atoms with E-state index in [0.29, 0.717) is 44.0 Å². The third-order valence-electron chi connectivity index (χ3n) is 5.52. The van der Waals surface area contributed by atoms with Crippen LogP contribution in [-0.2, 0) is 36.7 Å². The van der Waals surface area contributed by atoms with Gasteiger partial charge < -0.3 is 34.1 Å². The summed E-state index contributed by atoms with van der Waals surface area (Å²) < 4.78 is 19.8. The molecule has 0 radical (unpaired) electrons. The molecule has 0 unspecified atom stereocenters. The van der Waals surface area contributed by atoms with E-state index in [1.807, 2.05) is 41.5 Å². The van der Waals surface area contributed by atoms with Gasteiger partial charge in [-0.3, -0.25) is 14.4 Å². The first-order valence-corrected chi connectivity index (χ1v) is 15.8. The van der Waals surface area contributed by atoms with E-state index < -0.39 is 17.9 Å². The minimum absolute atomic E-state index is 0.0124. The van der Waals surface area contributed by atoms with Crippen molar-refractivity contribution in [2.45, 2.75) is 67.7 Å². The molecule has 0 bridgehead atoms. The minimum Gasteiger partial charge on any atom is -0.496 e. The molecule has 1 saturated heterocycles. The number of esters is 1. The normalized spacial score (nSPS) is 10.8. The number of benzene rings is 2. The van der Waals surface area contributed by atoms with Crippen LogP contribution in [0.5, 0.6) is 11.5 Å². The number of methoxy groups -OCH3 is 3. The molecule has 0 aliphatic carbocycles. The number of carboxylic acid groups (broad SMARTS) is 2. The summed E-state index contributed by atoms with van der Waals surface area (Å²) in [5.41, 5.74) is 1.68. The van der Waals surface area contributed by atoms with Crippen molar-refractivity contribution >= 4 is 40.7 Å². The Hall–Kier alpha value is -4.16. The van der Waals surface area contributed by atoms with E-state index in [2.05, 4.69) is 4.74 Å². The lowest BCUT2D eigenvalue weighted by Crippen LogP contribution is -2.41. The van der Waals surface area contributed by atoms with Crippen LogP contribution in [0.3, 0.4) is 0 Å². The molecule has 0 atom stereocenters. The standard InChI is InChI=1S/C14H17NO5.C11H12O5.C3H5ClO.3C2H6/c1-19-12-8-10(2-3-11(12)14(17)18)9-13(16)15-4-6-20-7-5-15;1-15-9-5-7(6-10(12)13)3-4-8(9)11(14)16-2;1-2-3(4)5;3*1-2/h2-3,8H,4-7,9H2,1H3,(H,17,18);3-5H,6H2,1-2H3,(H,12,13);2H2,1H3;3*1-2H3. The number of aromatic carboxylic acids is 1. The average Bonchev–Trinajstić information content (AvgIpc) is 3.10. The zero-order valence-electron chi connectivity index (χ0n) is 29.3. The molecule has 13 heteroatoms. The van der Waals surface area contributed by atoms with Gasteiger partial charge in [0.25, 0.3) is 0 Å². The van der Waals surface area contributed by atoms with Crippen LogP contribution >= 0.6 is 11.6 Å². The number of hydrogen-bond donors (Lipinski definition) is 2. The smallest absolute Gasteiger partial charge is 0.341 e. The predicted octanol–water partition coefficient (Wildman–Crippen LogP) is 6.14. The van der Waals surface area contributed by atoms with Crippen molar-refractivity contribution < 1.29 is 53.1 Å². The summed E-state index contributed by atoms with van der Waals surface area (Å²) in [6.07, 6.45) is 0.551. The highest BCUT2D eigenvalue weighted by Gasteiger charge is 2.19. The zero-order valence-corrected chi connectivity index (χ0v) is 30.1. The van der Waals surface area contributed by atoms with Crippen LogP contribution in [0.2, 0.25) is 0 Å². The van der Waals surface area contributed by atoms with E-state index in [9.17, 15) is 24.0 Å². The van der Waals surface area contributed by atoms with E-state index >= 15 is 0 Å². The average molecular weight is 686 g/mol. The fourth-order valence-electron chi connectivity index (χ4n) is 3.42. The topological polar surface area (TPSA) is 166 Å². The van der Waals surface area contributed by atoms with E-state index in [4.69, 9.17) is 36.0 Å². The Morgan fingerprint density at radius 1 is 0.766 bits per heavy atom. The number of carboxylic acids is 2. The lowest BCUT2D eigenvalue weighted by atomic mass is 10.1. The number of carbonyl (C=O) groups excluding carboxylic acids is 3. The van der Waals surface area contributed by atoms with Crippen LogP contribution in [0.4, 0.5) is 0 Å². The molecule has 1 heterocycles. The number of hydrogen-bond acceptors (Lipinski definition) is 9. The molecule has 12 nitrogen and oxygen atoms in total. The van der Waals surface area contributed by atoms with Crippen molar-refractivity contribution in [1.82, 2.24) is 4.90 Å². The maximum Gasteiger partial charge on any atom is 0.341 e. The number of aliphatic carboxylic acids is 1. The first kappa shape index (κ1) is 47.2. The lowest BCUT2D eigenvalue weighted by molar-refractivity contribution is -0.136. The van der Waals surface area contributed by atoms with Crippen LogP contribution in [0.25, 0.3) is 0 Å². The Balaban J connectivity index is -0.000000641. The van der Waals surface area contributed by atoms with E-state index in [-0.39, 0.29) is 40.9 Å². The lowest BCUT2D eigenvalue weighted by Gasteiger charge is -2.27. The van der Waals surface area contributed by atoms with Crippen molar-refractivity contribution in [1.29, 1.82) is 0 Å². The molecule has 0 saturated carbocycles. The summed E-state index contributed by atoms with van der Waals surface area (Å²) in [7, 11) is 4.09. The molecule has 47 heavy (non-hydrogen) atoms. The number of halogens is 1. The van der Waals surface area contributed by atoms with Gasteiger partial charge in [0.1, 0.15) is 22.6 Å². The molecular formula is C34H52ClNO11. The number of nitrogens with zero attached hydrogens (tertiary/aromatic N) is 1. The highest BCUT2D eigenvalue weighted by atomic mass is 35.5. The van der Waals surface area contributed by atoms with Gasteiger partial charge in [0.05, 0.1) is 47.4 Å². The summed E-state index contributed by atoms with van der Waals surface area (Å²) in [5, 5.41) is 17.4. The summed E-state index contributed by atoms with van der Waals surface area (Å²) in [6, 6.07) is 9.27. The molecule has 2 aromatic rings. The van der Waals surface area contributed by atoms with Crippen LogP contribution in [0, 0.1) is 0 Å². The summed E-state index contributed by atoms with van der Waals surface area (Å²) >= 11 is 4.82. The van der Waals surface area contributed by atoms with Crippen LogP contribution in [-0.4, -0.2) is 91.8 Å². The summed E-state index contributed by atoms with van der Waals surface area (Å²) in [4.78, 5) is 56.2. The predicted molar refractivity (Wildman–Crippen MR) is 182 cm³/mol. The van der Waals surface area contributed by atoms with Crippen molar-refractivity contribution in [3.05, 3.63) is 58.7 Å². The fourth-order valence-corrected chi connectivity index (χ4v) is 3.42. The van der Waals surface area contributed by atoms with Crippen molar-refractivity contribution in [2.24, 2.45) is 0 Å². The Bertz CT molecular complexity index is 1210. The molecule has 0 aromatic heterocycles. The number of carbonyl (C=O) groups is 5. The van der Waals surface area contributed by atoms with Gasteiger partial charge in [-0.15, -0.1) is 0 Å². The third-order valence-corrected chi connectivity index (χ3v) is 5.79. The molecule has 1 amide bonds. The first-order valence-electron chi connectivity index (χ1n) is 15.4. The Morgan fingerprint density at radius 2 is 1.19 bits per heavy atom. The van der Waals surface area contributed by atoms with Crippen molar-refractivity contribution in [3.63, 3.8) is 0 Å². The molecule has 2 aromatic carbocycles. The van der Waals surface area contributed by atoms with Gasteiger partial charge in [-0.1, -0.05) is 60.6 Å². The maximum atomic E-state index is 12.1. The number of rotatable bonds is 9. The second kappa shape index (κ2) is 29.3. The molecule has 1 aliphatic heterocycles. The molecule has 3 rings (SSSR count). The monoisotopic (exact) mass is 685 g/mol. The van der Waals surface area contributed by atoms with Gasteiger partial charge >= 0.3 is 17.9 Å².